The average Bonchev–Trinajstić information content (AvgIpc) is 3.03. The van der Waals surface area contributed by atoms with Crippen molar-refractivity contribution in [2.24, 2.45) is 17.4 Å². The Morgan fingerprint density at radius 2 is 1.88 bits per heavy atom. The highest BCUT2D eigenvalue weighted by Gasteiger charge is 2.30. The highest BCUT2D eigenvalue weighted by atomic mass is 16.4. The zero-order valence-corrected chi connectivity index (χ0v) is 14.6. The molecule has 8 N–H and O–H groups in total. The molecule has 0 saturated carbocycles. The van der Waals surface area contributed by atoms with Crippen molar-refractivity contribution in [2.75, 3.05) is 0 Å². The number of carboxylic acids is 1. The molecule has 0 saturated heterocycles. The zero-order chi connectivity index (χ0) is 19.9. The highest BCUT2D eigenvalue weighted by molar-refractivity contribution is 5.93. The molecule has 1 aromatic rings. The number of imidazole rings is 1. The molecule has 3 atom stereocenters. The van der Waals surface area contributed by atoms with Gasteiger partial charge < -0.3 is 32.2 Å². The summed E-state index contributed by atoms with van der Waals surface area (Å²) in [5, 5.41) is 14.1. The predicted molar refractivity (Wildman–Crippen MR) is 90.4 cm³/mol. The van der Waals surface area contributed by atoms with Crippen molar-refractivity contribution in [1.29, 1.82) is 0 Å². The molecule has 0 aromatic carbocycles. The predicted octanol–water partition coefficient (Wildman–Crippen LogP) is -2.13. The number of nitrogens with one attached hydrogen (secondary N) is 3. The number of nitrogens with zero attached hydrogens (tertiary/aromatic N) is 1. The minimum absolute atomic E-state index is 0.00102. The van der Waals surface area contributed by atoms with Gasteiger partial charge in [-0.05, 0) is 5.92 Å². The minimum Gasteiger partial charge on any atom is -0.480 e. The summed E-state index contributed by atoms with van der Waals surface area (Å²) in [7, 11) is 0. The van der Waals surface area contributed by atoms with Crippen LogP contribution in [0.15, 0.2) is 12.5 Å². The van der Waals surface area contributed by atoms with Crippen LogP contribution in [0, 0.1) is 5.92 Å². The van der Waals surface area contributed by atoms with Crippen molar-refractivity contribution in [3.05, 3.63) is 18.2 Å². The number of H-pyrrole nitrogens is 1. The van der Waals surface area contributed by atoms with E-state index in [9.17, 15) is 24.3 Å². The number of amides is 3. The monoisotopic (exact) mass is 368 g/mol. The summed E-state index contributed by atoms with van der Waals surface area (Å²) >= 11 is 0. The topological polar surface area (TPSA) is 193 Å². The Bertz CT molecular complexity index is 645. The highest BCUT2D eigenvalue weighted by Crippen LogP contribution is 2.05. The van der Waals surface area contributed by atoms with E-state index in [1.807, 2.05) is 0 Å². The first-order valence-corrected chi connectivity index (χ1v) is 7.96. The molecule has 0 spiro atoms. The lowest BCUT2D eigenvalue weighted by Gasteiger charge is -2.25. The third kappa shape index (κ3) is 6.51. The van der Waals surface area contributed by atoms with Crippen molar-refractivity contribution in [2.45, 2.75) is 44.8 Å². The Hall–Kier alpha value is -2.95. The molecular formula is C15H24N6O5. The molecule has 0 aliphatic carbocycles. The lowest BCUT2D eigenvalue weighted by atomic mass is 10.0. The molecular weight excluding hydrogens is 344 g/mol. The Balaban J connectivity index is 2.78. The maximum absolute atomic E-state index is 12.5. The van der Waals surface area contributed by atoms with Crippen LogP contribution in [0.5, 0.6) is 0 Å². The van der Waals surface area contributed by atoms with Gasteiger partial charge in [-0.15, -0.1) is 0 Å². The normalized spacial score (nSPS) is 14.3. The van der Waals surface area contributed by atoms with Crippen LogP contribution >= 0.6 is 0 Å². The Labute approximate surface area is 149 Å². The van der Waals surface area contributed by atoms with Crippen LogP contribution in [0.2, 0.25) is 0 Å². The third-order valence-electron chi connectivity index (χ3n) is 3.60. The third-order valence-corrected chi connectivity index (χ3v) is 3.60. The fraction of sp³-hybridized carbons (Fsp3) is 0.533. The van der Waals surface area contributed by atoms with Crippen LogP contribution in [0.3, 0.4) is 0 Å². The van der Waals surface area contributed by atoms with Gasteiger partial charge in [-0.1, -0.05) is 13.8 Å². The van der Waals surface area contributed by atoms with Gasteiger partial charge in [-0.2, -0.15) is 0 Å². The van der Waals surface area contributed by atoms with Crippen LogP contribution in [0.1, 0.15) is 26.0 Å². The van der Waals surface area contributed by atoms with E-state index in [1.54, 1.807) is 13.8 Å². The molecule has 11 nitrogen and oxygen atoms in total. The summed E-state index contributed by atoms with van der Waals surface area (Å²) in [5.74, 6) is -3.72. The molecule has 1 rings (SSSR count). The molecule has 0 unspecified atom stereocenters. The Morgan fingerprint density at radius 3 is 2.35 bits per heavy atom. The molecule has 1 aromatic heterocycles. The van der Waals surface area contributed by atoms with E-state index in [0.29, 0.717) is 5.69 Å². The van der Waals surface area contributed by atoms with Crippen LogP contribution in [0.4, 0.5) is 0 Å². The molecule has 26 heavy (non-hydrogen) atoms. The summed E-state index contributed by atoms with van der Waals surface area (Å²) < 4.78 is 0. The first-order chi connectivity index (χ1) is 12.1. The first-order valence-electron chi connectivity index (χ1n) is 7.96. The minimum atomic E-state index is -1.23. The van der Waals surface area contributed by atoms with Crippen LogP contribution in [-0.4, -0.2) is 56.9 Å². The number of nitrogens with two attached hydrogens (primary N) is 2. The molecule has 3 amide bonds. The van der Waals surface area contributed by atoms with Gasteiger partial charge in [0, 0.05) is 18.3 Å². The molecule has 0 aliphatic rings. The van der Waals surface area contributed by atoms with Crippen molar-refractivity contribution in [3.63, 3.8) is 0 Å². The number of carboxylic acid groups (broad SMARTS) is 1. The van der Waals surface area contributed by atoms with Crippen molar-refractivity contribution >= 4 is 23.7 Å². The smallest absolute Gasteiger partial charge is 0.326 e. The Morgan fingerprint density at radius 1 is 1.23 bits per heavy atom. The second-order valence-corrected chi connectivity index (χ2v) is 6.19. The molecule has 0 fully saturated rings. The lowest BCUT2D eigenvalue weighted by Crippen LogP contribution is -2.57. The van der Waals surface area contributed by atoms with Gasteiger partial charge in [-0.3, -0.25) is 14.4 Å². The summed E-state index contributed by atoms with van der Waals surface area (Å²) in [5.41, 5.74) is 11.1. The first kappa shape index (κ1) is 21.1. The summed E-state index contributed by atoms with van der Waals surface area (Å²) in [6.45, 7) is 3.35. The van der Waals surface area contributed by atoms with Gasteiger partial charge in [0.25, 0.3) is 0 Å². The fourth-order valence-corrected chi connectivity index (χ4v) is 2.18. The van der Waals surface area contributed by atoms with Crippen molar-refractivity contribution < 1.29 is 24.3 Å². The van der Waals surface area contributed by atoms with Crippen LogP contribution in [-0.2, 0) is 25.6 Å². The number of hydrogen-bond acceptors (Lipinski definition) is 6. The number of aromatic nitrogens is 2. The summed E-state index contributed by atoms with van der Waals surface area (Å²) in [4.78, 5) is 53.3. The van der Waals surface area contributed by atoms with E-state index < -0.39 is 41.8 Å². The van der Waals surface area contributed by atoms with E-state index in [1.165, 1.54) is 12.5 Å². The SMILES string of the molecule is CC(C)[C@H](NC(=O)[C@@H](N)CC(N)=O)C(=O)N[C@@H](Cc1cnc[nH]1)C(=O)O. The van der Waals surface area contributed by atoms with E-state index in [-0.39, 0.29) is 18.8 Å². The fourth-order valence-electron chi connectivity index (χ4n) is 2.18. The van der Waals surface area contributed by atoms with Gasteiger partial charge >= 0.3 is 5.97 Å². The molecule has 11 heteroatoms. The molecule has 0 radical (unpaired) electrons. The molecule has 1 heterocycles. The maximum atomic E-state index is 12.5. The Kier molecular flexibility index (Phi) is 7.72. The van der Waals surface area contributed by atoms with Gasteiger partial charge in [0.1, 0.15) is 12.1 Å². The summed E-state index contributed by atoms with van der Waals surface area (Å²) in [6.07, 6.45) is 2.48. The number of rotatable bonds is 10. The van der Waals surface area contributed by atoms with Crippen LogP contribution < -0.4 is 22.1 Å². The van der Waals surface area contributed by atoms with Crippen LogP contribution in [0.25, 0.3) is 0 Å². The number of aromatic amines is 1. The number of carbonyl (C=O) groups excluding carboxylic acids is 3. The summed E-state index contributed by atoms with van der Waals surface area (Å²) in [6, 6.07) is -3.42. The second-order valence-electron chi connectivity index (χ2n) is 6.19. The number of aliphatic carboxylic acids is 1. The zero-order valence-electron chi connectivity index (χ0n) is 14.6. The van der Waals surface area contributed by atoms with E-state index in [4.69, 9.17) is 11.5 Å². The van der Waals surface area contributed by atoms with Crippen molar-refractivity contribution in [3.8, 4) is 0 Å². The quantitative estimate of drug-likeness (QED) is 0.271. The van der Waals surface area contributed by atoms with Gasteiger partial charge in [0.2, 0.25) is 17.7 Å². The largest absolute Gasteiger partial charge is 0.480 e. The maximum Gasteiger partial charge on any atom is 0.326 e. The van der Waals surface area contributed by atoms with Gasteiger partial charge in [0.15, 0.2) is 0 Å². The molecule has 0 aliphatic heterocycles. The molecule has 144 valence electrons. The van der Waals surface area contributed by atoms with Gasteiger partial charge in [-0.25, -0.2) is 9.78 Å². The number of hydrogen-bond donors (Lipinski definition) is 6. The van der Waals surface area contributed by atoms with Gasteiger partial charge in [0.05, 0.1) is 18.8 Å². The molecule has 0 bridgehead atoms. The standard InChI is InChI=1S/C15H24N6O5/c1-7(2)12(21-13(23)9(16)4-11(17)22)14(24)20-10(15(25)26)3-8-5-18-6-19-8/h5-7,9-10,12H,3-4,16H2,1-2H3,(H2,17,22)(H,18,19)(H,20,24)(H,21,23)(H,25,26)/t9-,10-,12-/m0/s1. The second kappa shape index (κ2) is 9.51. The van der Waals surface area contributed by atoms with E-state index in [0.717, 1.165) is 0 Å². The number of carbonyl (C=O) groups is 4. The lowest BCUT2D eigenvalue weighted by molar-refractivity contribution is -0.142. The van der Waals surface area contributed by atoms with E-state index in [2.05, 4.69) is 20.6 Å². The average molecular weight is 368 g/mol. The number of primary amides is 1. The van der Waals surface area contributed by atoms with Crippen molar-refractivity contribution in [1.82, 2.24) is 20.6 Å². The van der Waals surface area contributed by atoms with E-state index >= 15 is 0 Å².